The Morgan fingerprint density at radius 3 is 2.89 bits per heavy atom. The Hall–Kier alpha value is -0.810. The van der Waals surface area contributed by atoms with Crippen LogP contribution in [0, 0.1) is 5.92 Å². The van der Waals surface area contributed by atoms with Gasteiger partial charge in [-0.15, -0.1) is 0 Å². The first-order valence-electron chi connectivity index (χ1n) is 7.05. The van der Waals surface area contributed by atoms with Gasteiger partial charge in [-0.05, 0) is 60.1 Å². The van der Waals surface area contributed by atoms with Crippen LogP contribution in [-0.2, 0) is 0 Å². The molecular formula is C14H20BrN3O. The number of carbonyl (C=O) groups is 1. The summed E-state index contributed by atoms with van der Waals surface area (Å²) in [6.07, 6.45) is 6.63. The third-order valence-electron chi connectivity index (χ3n) is 4.11. The lowest BCUT2D eigenvalue weighted by Crippen LogP contribution is -2.42. The highest BCUT2D eigenvalue weighted by Gasteiger charge is 2.31. The molecule has 0 radical (unpaired) electrons. The number of amides is 1. The zero-order valence-electron chi connectivity index (χ0n) is 11.0. The van der Waals surface area contributed by atoms with Crippen LogP contribution in [0.25, 0.3) is 0 Å². The van der Waals surface area contributed by atoms with Crippen LogP contribution >= 0.6 is 15.9 Å². The molecule has 1 amide bonds. The second-order valence-corrected chi connectivity index (χ2v) is 6.59. The van der Waals surface area contributed by atoms with Crippen LogP contribution in [0.3, 0.4) is 0 Å². The molecule has 1 atom stereocenters. The van der Waals surface area contributed by atoms with E-state index in [0.29, 0.717) is 18.5 Å². The number of carbonyl (C=O) groups excluding carboxylic acids is 1. The highest BCUT2D eigenvalue weighted by molar-refractivity contribution is 9.10. The van der Waals surface area contributed by atoms with E-state index in [0.717, 1.165) is 36.1 Å². The molecule has 2 fully saturated rings. The molecule has 1 saturated heterocycles. The van der Waals surface area contributed by atoms with E-state index in [1.54, 1.807) is 0 Å². The first-order valence-corrected chi connectivity index (χ1v) is 7.85. The molecule has 1 unspecified atom stereocenters. The predicted octanol–water partition coefficient (Wildman–Crippen LogP) is 2.40. The van der Waals surface area contributed by atoms with Crippen LogP contribution in [0.5, 0.6) is 0 Å². The Bertz CT molecular complexity index is 481. The van der Waals surface area contributed by atoms with Crippen molar-refractivity contribution in [1.82, 2.24) is 9.47 Å². The van der Waals surface area contributed by atoms with Crippen LogP contribution in [0.2, 0.25) is 0 Å². The third-order valence-corrected chi connectivity index (χ3v) is 4.55. The van der Waals surface area contributed by atoms with Gasteiger partial charge in [-0.3, -0.25) is 4.79 Å². The van der Waals surface area contributed by atoms with Crippen LogP contribution in [0.1, 0.15) is 42.2 Å². The molecule has 1 saturated carbocycles. The topological polar surface area (TPSA) is 51.3 Å². The van der Waals surface area contributed by atoms with Crippen molar-refractivity contribution in [2.75, 3.05) is 19.6 Å². The summed E-state index contributed by atoms with van der Waals surface area (Å²) in [7, 11) is 0. The zero-order chi connectivity index (χ0) is 13.4. The standard InChI is InChI=1S/C14H20BrN3O/c15-11-6-13(18(9-11)12-3-4-12)14(19)17-5-1-2-10(7-16)8-17/h6,9-10,12H,1-5,7-8,16H2. The van der Waals surface area contributed by atoms with Crippen LogP contribution < -0.4 is 5.73 Å². The maximum absolute atomic E-state index is 12.7. The average Bonchev–Trinajstić information content (AvgIpc) is 3.21. The van der Waals surface area contributed by atoms with Gasteiger partial charge in [0.15, 0.2) is 0 Å². The molecule has 2 aliphatic rings. The summed E-state index contributed by atoms with van der Waals surface area (Å²) < 4.78 is 3.13. The molecule has 3 rings (SSSR count). The van der Waals surface area contributed by atoms with Crippen molar-refractivity contribution in [2.45, 2.75) is 31.7 Å². The van der Waals surface area contributed by atoms with Gasteiger partial charge >= 0.3 is 0 Å². The molecule has 104 valence electrons. The van der Waals surface area contributed by atoms with Crippen LogP contribution in [0.15, 0.2) is 16.7 Å². The summed E-state index contributed by atoms with van der Waals surface area (Å²) >= 11 is 3.49. The van der Waals surface area contributed by atoms with Crippen molar-refractivity contribution in [3.63, 3.8) is 0 Å². The Kier molecular flexibility index (Phi) is 3.67. The first kappa shape index (κ1) is 13.2. The van der Waals surface area contributed by atoms with E-state index in [4.69, 9.17) is 5.73 Å². The molecule has 2 N–H and O–H groups in total. The Morgan fingerprint density at radius 2 is 2.21 bits per heavy atom. The molecule has 19 heavy (non-hydrogen) atoms. The van der Waals surface area contributed by atoms with Gasteiger partial charge in [0.05, 0.1) is 0 Å². The van der Waals surface area contributed by atoms with Crippen LogP contribution in [0.4, 0.5) is 0 Å². The average molecular weight is 326 g/mol. The Morgan fingerprint density at radius 1 is 1.42 bits per heavy atom. The van der Waals surface area contributed by atoms with E-state index in [1.807, 2.05) is 17.2 Å². The van der Waals surface area contributed by atoms with E-state index < -0.39 is 0 Å². The molecule has 1 aromatic heterocycles. The fraction of sp³-hybridized carbons (Fsp3) is 0.643. The van der Waals surface area contributed by atoms with E-state index >= 15 is 0 Å². The number of hydrogen-bond acceptors (Lipinski definition) is 2. The van der Waals surface area contributed by atoms with E-state index in [9.17, 15) is 4.79 Å². The largest absolute Gasteiger partial charge is 0.339 e. The second-order valence-electron chi connectivity index (χ2n) is 5.68. The van der Waals surface area contributed by atoms with Gasteiger partial charge in [-0.1, -0.05) is 0 Å². The fourth-order valence-corrected chi connectivity index (χ4v) is 3.31. The lowest BCUT2D eigenvalue weighted by atomic mass is 9.98. The molecule has 0 spiro atoms. The number of piperidine rings is 1. The molecule has 1 aromatic rings. The fourth-order valence-electron chi connectivity index (χ4n) is 2.88. The summed E-state index contributed by atoms with van der Waals surface area (Å²) in [5, 5.41) is 0. The lowest BCUT2D eigenvalue weighted by Gasteiger charge is -2.32. The van der Waals surface area contributed by atoms with E-state index in [1.165, 1.54) is 12.8 Å². The molecule has 1 aliphatic carbocycles. The number of aromatic nitrogens is 1. The smallest absolute Gasteiger partial charge is 0.270 e. The monoisotopic (exact) mass is 325 g/mol. The van der Waals surface area contributed by atoms with E-state index in [-0.39, 0.29) is 5.91 Å². The maximum atomic E-state index is 12.7. The minimum absolute atomic E-state index is 0.163. The highest BCUT2D eigenvalue weighted by atomic mass is 79.9. The van der Waals surface area contributed by atoms with Gasteiger partial charge in [-0.25, -0.2) is 0 Å². The number of likely N-dealkylation sites (tertiary alicyclic amines) is 1. The van der Waals surface area contributed by atoms with Crippen LogP contribution in [-0.4, -0.2) is 35.0 Å². The number of nitrogens with zero attached hydrogens (tertiary/aromatic N) is 2. The number of rotatable bonds is 3. The summed E-state index contributed by atoms with van der Waals surface area (Å²) in [6, 6.07) is 2.48. The number of halogens is 1. The maximum Gasteiger partial charge on any atom is 0.270 e. The van der Waals surface area contributed by atoms with Crippen molar-refractivity contribution in [1.29, 1.82) is 0 Å². The normalized spacial score (nSPS) is 23.7. The van der Waals surface area contributed by atoms with Gasteiger partial charge in [0, 0.05) is 29.8 Å². The van der Waals surface area contributed by atoms with Crippen molar-refractivity contribution in [2.24, 2.45) is 11.7 Å². The third kappa shape index (κ3) is 2.72. The van der Waals surface area contributed by atoms with Crippen molar-refractivity contribution in [3.8, 4) is 0 Å². The zero-order valence-corrected chi connectivity index (χ0v) is 12.6. The molecule has 0 aromatic carbocycles. The Labute approximate surface area is 122 Å². The van der Waals surface area contributed by atoms with Crippen molar-refractivity contribution < 1.29 is 4.79 Å². The molecular weight excluding hydrogens is 306 g/mol. The highest BCUT2D eigenvalue weighted by Crippen LogP contribution is 2.38. The predicted molar refractivity (Wildman–Crippen MR) is 78.1 cm³/mol. The molecule has 2 heterocycles. The molecule has 5 heteroatoms. The molecule has 4 nitrogen and oxygen atoms in total. The van der Waals surface area contributed by atoms with Gasteiger partial charge in [-0.2, -0.15) is 0 Å². The summed E-state index contributed by atoms with van der Waals surface area (Å²) in [5.74, 6) is 0.626. The second kappa shape index (κ2) is 5.29. The van der Waals surface area contributed by atoms with Crippen molar-refractivity contribution in [3.05, 3.63) is 22.4 Å². The number of nitrogens with two attached hydrogens (primary N) is 1. The van der Waals surface area contributed by atoms with Gasteiger partial charge < -0.3 is 15.2 Å². The summed E-state index contributed by atoms with van der Waals surface area (Å²) in [6.45, 7) is 2.35. The van der Waals surface area contributed by atoms with E-state index in [2.05, 4.69) is 20.5 Å². The molecule has 1 aliphatic heterocycles. The first-order chi connectivity index (χ1) is 9.19. The molecule has 0 bridgehead atoms. The Balaban J connectivity index is 1.79. The van der Waals surface area contributed by atoms with Crippen molar-refractivity contribution >= 4 is 21.8 Å². The van der Waals surface area contributed by atoms with Gasteiger partial charge in [0.2, 0.25) is 0 Å². The minimum atomic E-state index is 0.163. The van der Waals surface area contributed by atoms with Gasteiger partial charge in [0.1, 0.15) is 5.69 Å². The summed E-state index contributed by atoms with van der Waals surface area (Å²) in [4.78, 5) is 14.6. The quantitative estimate of drug-likeness (QED) is 0.927. The summed E-state index contributed by atoms with van der Waals surface area (Å²) in [5.41, 5.74) is 6.57. The lowest BCUT2D eigenvalue weighted by molar-refractivity contribution is 0.0667. The minimum Gasteiger partial charge on any atom is -0.339 e. The number of hydrogen-bond donors (Lipinski definition) is 1. The SMILES string of the molecule is NCC1CCCN(C(=O)c2cc(Br)cn2C2CC2)C1. The van der Waals surface area contributed by atoms with Gasteiger partial charge in [0.25, 0.3) is 5.91 Å².